The Kier molecular flexibility index (Phi) is 4.10. The molecule has 4 rings (SSSR count). The van der Waals surface area contributed by atoms with Gasteiger partial charge in [0.1, 0.15) is 0 Å². The molecule has 27 heavy (non-hydrogen) atoms. The predicted molar refractivity (Wildman–Crippen MR) is 105 cm³/mol. The van der Waals surface area contributed by atoms with Gasteiger partial charge in [0.05, 0.1) is 5.57 Å². The molecule has 0 aromatic heterocycles. The number of aryl methyl sites for hydroxylation is 2. The Morgan fingerprint density at radius 3 is 2.33 bits per heavy atom. The first-order chi connectivity index (χ1) is 12.7. The van der Waals surface area contributed by atoms with Gasteiger partial charge in [0, 0.05) is 17.1 Å². The third-order valence-electron chi connectivity index (χ3n) is 6.91. The van der Waals surface area contributed by atoms with Crippen molar-refractivity contribution in [2.75, 3.05) is 0 Å². The molecule has 0 bridgehead atoms. The highest BCUT2D eigenvalue weighted by atomic mass is 16.2. The van der Waals surface area contributed by atoms with Crippen LogP contribution in [0.4, 0.5) is 0 Å². The zero-order valence-corrected chi connectivity index (χ0v) is 16.7. The first-order valence-corrected chi connectivity index (χ1v) is 9.81. The van der Waals surface area contributed by atoms with Crippen molar-refractivity contribution < 1.29 is 14.4 Å². The Morgan fingerprint density at radius 1 is 1.00 bits per heavy atom. The summed E-state index contributed by atoms with van der Waals surface area (Å²) in [5.74, 6) is -0.0433. The number of allylic oxidation sites excluding steroid dienone is 4. The summed E-state index contributed by atoms with van der Waals surface area (Å²) in [5, 5.41) is 0. The first kappa shape index (κ1) is 18.1. The average molecular weight is 362 g/mol. The fourth-order valence-electron chi connectivity index (χ4n) is 5.79. The standard InChI is InChI=1S/C24H26O3/c1-11-6-7-12(2)20-18(11)10-17-9-16-8-13(3)19(15(5)25)23(26)21(16)14(4)22(17)24(20)27/h6-7,16-17,21H,8-10H2,1-5H3. The highest BCUT2D eigenvalue weighted by Gasteiger charge is 2.47. The molecule has 3 atom stereocenters. The number of carbonyl (C=O) groups is 3. The van der Waals surface area contributed by atoms with Gasteiger partial charge in [-0.15, -0.1) is 0 Å². The lowest BCUT2D eigenvalue weighted by atomic mass is 9.59. The van der Waals surface area contributed by atoms with Crippen molar-refractivity contribution in [3.05, 3.63) is 56.7 Å². The van der Waals surface area contributed by atoms with E-state index in [1.165, 1.54) is 18.1 Å². The Hall–Kier alpha value is -2.29. The summed E-state index contributed by atoms with van der Waals surface area (Å²) in [6.07, 6.45) is 2.51. The fraction of sp³-hybridized carbons (Fsp3) is 0.458. The molecule has 3 heteroatoms. The van der Waals surface area contributed by atoms with Gasteiger partial charge < -0.3 is 0 Å². The Morgan fingerprint density at radius 2 is 1.67 bits per heavy atom. The van der Waals surface area contributed by atoms with E-state index in [-0.39, 0.29) is 35.1 Å². The number of hydrogen-bond acceptors (Lipinski definition) is 3. The van der Waals surface area contributed by atoms with E-state index in [9.17, 15) is 14.4 Å². The molecule has 0 heterocycles. The van der Waals surface area contributed by atoms with Crippen LogP contribution in [0, 0.1) is 31.6 Å². The SMILES string of the molecule is CC(=O)C1=C(C)CC2CC3Cc4c(C)ccc(C)c4C(=O)C3=C(C)C2C1=O. The number of ketones is 3. The summed E-state index contributed by atoms with van der Waals surface area (Å²) >= 11 is 0. The quantitative estimate of drug-likeness (QED) is 0.692. The second-order valence-corrected chi connectivity index (χ2v) is 8.63. The van der Waals surface area contributed by atoms with Gasteiger partial charge in [-0.25, -0.2) is 0 Å². The topological polar surface area (TPSA) is 51.2 Å². The Balaban J connectivity index is 1.86. The van der Waals surface area contributed by atoms with E-state index in [1.807, 2.05) is 26.8 Å². The first-order valence-electron chi connectivity index (χ1n) is 9.81. The van der Waals surface area contributed by atoms with Crippen LogP contribution in [0.3, 0.4) is 0 Å². The normalized spacial score (nSPS) is 27.4. The molecule has 0 N–H and O–H groups in total. The minimum Gasteiger partial charge on any atom is -0.294 e. The van der Waals surface area contributed by atoms with E-state index in [0.717, 1.165) is 47.1 Å². The molecular formula is C24H26O3. The summed E-state index contributed by atoms with van der Waals surface area (Å²) in [6, 6.07) is 4.12. The number of carbonyl (C=O) groups excluding carboxylic acids is 3. The van der Waals surface area contributed by atoms with Gasteiger partial charge in [-0.2, -0.15) is 0 Å². The monoisotopic (exact) mass is 362 g/mol. The predicted octanol–water partition coefficient (Wildman–Crippen LogP) is 4.49. The molecule has 0 saturated carbocycles. The van der Waals surface area contributed by atoms with Crippen LogP contribution in [0.25, 0.3) is 0 Å². The van der Waals surface area contributed by atoms with Crippen molar-refractivity contribution in [3.63, 3.8) is 0 Å². The van der Waals surface area contributed by atoms with Crippen LogP contribution >= 0.6 is 0 Å². The van der Waals surface area contributed by atoms with Gasteiger partial charge in [0.15, 0.2) is 17.3 Å². The minimum absolute atomic E-state index is 0.0701. The van der Waals surface area contributed by atoms with E-state index < -0.39 is 0 Å². The summed E-state index contributed by atoms with van der Waals surface area (Å²) in [4.78, 5) is 38.6. The summed E-state index contributed by atoms with van der Waals surface area (Å²) in [6.45, 7) is 9.40. The van der Waals surface area contributed by atoms with E-state index in [4.69, 9.17) is 0 Å². The zero-order valence-electron chi connectivity index (χ0n) is 16.7. The zero-order chi connectivity index (χ0) is 19.6. The van der Waals surface area contributed by atoms with Gasteiger partial charge >= 0.3 is 0 Å². The molecule has 0 amide bonds. The average Bonchev–Trinajstić information content (AvgIpc) is 2.57. The molecule has 0 aliphatic heterocycles. The van der Waals surface area contributed by atoms with Gasteiger partial charge in [-0.3, -0.25) is 14.4 Å². The molecule has 0 saturated heterocycles. The van der Waals surface area contributed by atoms with Crippen molar-refractivity contribution in [2.45, 2.75) is 53.9 Å². The molecule has 3 aliphatic carbocycles. The molecule has 3 nitrogen and oxygen atoms in total. The Labute approximate surface area is 160 Å². The molecule has 0 radical (unpaired) electrons. The van der Waals surface area contributed by atoms with Gasteiger partial charge in [-0.05, 0) is 82.4 Å². The third kappa shape index (κ3) is 2.51. The van der Waals surface area contributed by atoms with E-state index in [0.29, 0.717) is 5.57 Å². The number of Topliss-reactive ketones (excluding diaryl/α,β-unsaturated/α-hetero) is 3. The highest BCUT2D eigenvalue weighted by molar-refractivity contribution is 6.22. The van der Waals surface area contributed by atoms with Crippen LogP contribution < -0.4 is 0 Å². The van der Waals surface area contributed by atoms with Crippen LogP contribution in [0.5, 0.6) is 0 Å². The second-order valence-electron chi connectivity index (χ2n) is 8.63. The van der Waals surface area contributed by atoms with E-state index >= 15 is 0 Å². The van der Waals surface area contributed by atoms with Gasteiger partial charge in [0.2, 0.25) is 0 Å². The molecule has 1 aromatic rings. The van der Waals surface area contributed by atoms with Crippen LogP contribution in [-0.2, 0) is 16.0 Å². The van der Waals surface area contributed by atoms with Crippen molar-refractivity contribution in [2.24, 2.45) is 17.8 Å². The molecular weight excluding hydrogens is 336 g/mol. The van der Waals surface area contributed by atoms with Crippen molar-refractivity contribution >= 4 is 17.3 Å². The maximum absolute atomic E-state index is 13.4. The number of fused-ring (bicyclic) bond motifs is 3. The largest absolute Gasteiger partial charge is 0.294 e. The van der Waals surface area contributed by atoms with Gasteiger partial charge in [-0.1, -0.05) is 23.3 Å². The Bertz CT molecular complexity index is 974. The fourth-order valence-corrected chi connectivity index (χ4v) is 5.79. The summed E-state index contributed by atoms with van der Waals surface area (Å²) in [7, 11) is 0. The number of rotatable bonds is 1. The maximum atomic E-state index is 13.4. The summed E-state index contributed by atoms with van der Waals surface area (Å²) in [5.41, 5.74) is 7.23. The van der Waals surface area contributed by atoms with Gasteiger partial charge in [0.25, 0.3) is 0 Å². The summed E-state index contributed by atoms with van der Waals surface area (Å²) < 4.78 is 0. The maximum Gasteiger partial charge on any atom is 0.189 e. The lowest BCUT2D eigenvalue weighted by Gasteiger charge is -2.43. The molecule has 140 valence electrons. The second kappa shape index (κ2) is 6.12. The van der Waals surface area contributed by atoms with Crippen LogP contribution in [0.2, 0.25) is 0 Å². The molecule has 3 unspecified atom stereocenters. The van der Waals surface area contributed by atoms with E-state index in [2.05, 4.69) is 13.0 Å². The third-order valence-corrected chi connectivity index (χ3v) is 6.91. The van der Waals surface area contributed by atoms with E-state index in [1.54, 1.807) is 0 Å². The number of benzene rings is 1. The smallest absolute Gasteiger partial charge is 0.189 e. The minimum atomic E-state index is -0.311. The molecule has 1 aromatic carbocycles. The lowest BCUT2D eigenvalue weighted by Crippen LogP contribution is -2.41. The van der Waals surface area contributed by atoms with Crippen LogP contribution in [-0.4, -0.2) is 17.3 Å². The van der Waals surface area contributed by atoms with Crippen molar-refractivity contribution in [3.8, 4) is 0 Å². The van der Waals surface area contributed by atoms with Crippen LogP contribution in [0.15, 0.2) is 34.4 Å². The number of hydrogen-bond donors (Lipinski definition) is 0. The molecule has 0 fully saturated rings. The molecule has 3 aliphatic rings. The van der Waals surface area contributed by atoms with Crippen LogP contribution in [0.1, 0.15) is 60.7 Å². The van der Waals surface area contributed by atoms with Crippen molar-refractivity contribution in [1.82, 2.24) is 0 Å². The lowest BCUT2D eigenvalue weighted by molar-refractivity contribution is -0.124. The molecule has 0 spiro atoms. The highest BCUT2D eigenvalue weighted by Crippen LogP contribution is 2.49. The van der Waals surface area contributed by atoms with Crippen molar-refractivity contribution in [1.29, 1.82) is 0 Å².